The molecule has 2 aromatic carbocycles. The normalized spacial score (nSPS) is 14.7. The molecule has 0 spiro atoms. The van der Waals surface area contributed by atoms with Gasteiger partial charge in [0.15, 0.2) is 0 Å². The van der Waals surface area contributed by atoms with Gasteiger partial charge in [-0.15, -0.1) is 0 Å². The first-order valence-corrected chi connectivity index (χ1v) is 9.08. The minimum absolute atomic E-state index is 0.0847. The van der Waals surface area contributed by atoms with Crippen molar-refractivity contribution in [2.24, 2.45) is 5.16 Å². The van der Waals surface area contributed by atoms with Crippen molar-refractivity contribution in [3.63, 3.8) is 0 Å². The van der Waals surface area contributed by atoms with E-state index in [0.29, 0.717) is 23.5 Å². The van der Waals surface area contributed by atoms with Crippen LogP contribution < -0.4 is 4.74 Å². The second kappa shape index (κ2) is 8.94. The lowest BCUT2D eigenvalue weighted by molar-refractivity contribution is -0.384. The van der Waals surface area contributed by atoms with Crippen molar-refractivity contribution in [3.05, 3.63) is 75.3 Å². The first kappa shape index (κ1) is 19.3. The highest BCUT2D eigenvalue weighted by atomic mass is 16.7. The lowest BCUT2D eigenvalue weighted by Crippen LogP contribution is -2.07. The van der Waals surface area contributed by atoms with Crippen LogP contribution >= 0.6 is 0 Å². The van der Waals surface area contributed by atoms with Gasteiger partial charge in [0.05, 0.1) is 17.1 Å². The second-order valence-corrected chi connectivity index (χ2v) is 6.28. The maximum Gasteiger partial charge on any atom is 0.368 e. The second-order valence-electron chi connectivity index (χ2n) is 6.28. The van der Waals surface area contributed by atoms with E-state index in [1.54, 1.807) is 18.2 Å². The van der Waals surface area contributed by atoms with Gasteiger partial charge in [0.2, 0.25) is 0 Å². The molecule has 0 aromatic heterocycles. The average Bonchev–Trinajstić information content (AvgIpc) is 3.07. The Balaban J connectivity index is 1.90. The molecular formula is C21H20N2O5. The third-order valence-electron chi connectivity index (χ3n) is 4.25. The molecule has 3 rings (SSSR count). The Hall–Kier alpha value is -3.48. The van der Waals surface area contributed by atoms with Crippen LogP contribution in [-0.2, 0) is 9.63 Å². The molecule has 28 heavy (non-hydrogen) atoms. The maximum absolute atomic E-state index is 12.2. The van der Waals surface area contributed by atoms with Gasteiger partial charge in [0, 0.05) is 23.3 Å². The molecule has 0 N–H and O–H groups in total. The SMILES string of the molecule is CCCCCOc1ccccc1/C=C1/C(=O)ON=C1c1cccc([N+](=O)[O-])c1. The number of carbonyl (C=O) groups is 1. The Morgan fingerprint density at radius 1 is 1.18 bits per heavy atom. The van der Waals surface area contributed by atoms with Crippen molar-refractivity contribution in [1.29, 1.82) is 0 Å². The highest BCUT2D eigenvalue weighted by Gasteiger charge is 2.28. The molecule has 0 unspecified atom stereocenters. The number of nitrogens with zero attached hydrogens (tertiary/aromatic N) is 2. The standard InChI is InChI=1S/C21H20N2O5/c1-2-3-6-12-27-19-11-5-4-8-15(19)14-18-20(22-28-21(18)24)16-9-7-10-17(13-16)23(25)26/h4-5,7-11,13-14H,2-3,6,12H2,1H3/b18-14+. The van der Waals surface area contributed by atoms with Gasteiger partial charge < -0.3 is 9.57 Å². The Labute approximate surface area is 162 Å². The van der Waals surface area contributed by atoms with E-state index >= 15 is 0 Å². The van der Waals surface area contributed by atoms with E-state index in [4.69, 9.17) is 9.57 Å². The van der Waals surface area contributed by atoms with Crippen LogP contribution in [0.4, 0.5) is 5.69 Å². The lowest BCUT2D eigenvalue weighted by Gasteiger charge is -2.09. The molecule has 2 aromatic rings. The molecule has 0 atom stereocenters. The van der Waals surface area contributed by atoms with Crippen molar-refractivity contribution < 1.29 is 19.3 Å². The highest BCUT2D eigenvalue weighted by Crippen LogP contribution is 2.27. The largest absolute Gasteiger partial charge is 0.493 e. The first-order valence-electron chi connectivity index (χ1n) is 9.08. The van der Waals surface area contributed by atoms with Crippen LogP contribution in [0, 0.1) is 10.1 Å². The van der Waals surface area contributed by atoms with Crippen LogP contribution in [0.3, 0.4) is 0 Å². The number of unbranched alkanes of at least 4 members (excludes halogenated alkanes) is 2. The van der Waals surface area contributed by atoms with Gasteiger partial charge in [-0.1, -0.05) is 55.3 Å². The molecule has 1 aliphatic rings. The summed E-state index contributed by atoms with van der Waals surface area (Å²) in [6, 6.07) is 13.3. The molecule has 1 heterocycles. The molecule has 0 saturated carbocycles. The lowest BCUT2D eigenvalue weighted by atomic mass is 10.00. The van der Waals surface area contributed by atoms with Crippen LogP contribution in [0.5, 0.6) is 5.75 Å². The van der Waals surface area contributed by atoms with Crippen molar-refractivity contribution in [2.75, 3.05) is 6.61 Å². The summed E-state index contributed by atoms with van der Waals surface area (Å²) in [5.41, 5.74) is 1.55. The number of nitro benzene ring substituents is 1. The minimum atomic E-state index is -0.609. The fourth-order valence-electron chi connectivity index (χ4n) is 2.81. The Morgan fingerprint density at radius 2 is 2.00 bits per heavy atom. The van der Waals surface area contributed by atoms with Crippen molar-refractivity contribution in [3.8, 4) is 5.75 Å². The fraction of sp³-hybridized carbons (Fsp3) is 0.238. The quantitative estimate of drug-likeness (QED) is 0.221. The summed E-state index contributed by atoms with van der Waals surface area (Å²) in [6.45, 7) is 2.71. The molecule has 7 nitrogen and oxygen atoms in total. The predicted molar refractivity (Wildman–Crippen MR) is 105 cm³/mol. The first-order chi connectivity index (χ1) is 13.6. The van der Waals surface area contributed by atoms with Crippen molar-refractivity contribution in [1.82, 2.24) is 0 Å². The molecule has 0 bridgehead atoms. The van der Waals surface area contributed by atoms with E-state index in [2.05, 4.69) is 12.1 Å². The Kier molecular flexibility index (Phi) is 6.16. The molecule has 0 amide bonds. The molecule has 144 valence electrons. The number of oxime groups is 1. The summed E-state index contributed by atoms with van der Waals surface area (Å²) in [6.07, 6.45) is 4.77. The molecule has 7 heteroatoms. The van der Waals surface area contributed by atoms with Crippen LogP contribution in [0.2, 0.25) is 0 Å². The zero-order valence-electron chi connectivity index (χ0n) is 15.5. The van der Waals surface area contributed by atoms with Gasteiger partial charge in [-0.3, -0.25) is 10.1 Å². The van der Waals surface area contributed by atoms with E-state index in [-0.39, 0.29) is 17.0 Å². The van der Waals surface area contributed by atoms with Crippen LogP contribution in [0.25, 0.3) is 6.08 Å². The smallest absolute Gasteiger partial charge is 0.368 e. The third kappa shape index (κ3) is 4.43. The van der Waals surface area contributed by atoms with E-state index in [0.717, 1.165) is 19.3 Å². The number of ether oxygens (including phenoxy) is 1. The van der Waals surface area contributed by atoms with Gasteiger partial charge in [-0.25, -0.2) is 4.79 Å². The van der Waals surface area contributed by atoms with Crippen molar-refractivity contribution >= 4 is 23.4 Å². The summed E-state index contributed by atoms with van der Waals surface area (Å²) in [5, 5.41) is 14.8. The maximum atomic E-state index is 12.2. The van der Waals surface area contributed by atoms with Crippen LogP contribution in [-0.4, -0.2) is 23.2 Å². The van der Waals surface area contributed by atoms with Gasteiger partial charge in [-0.05, 0) is 18.6 Å². The number of hydrogen-bond acceptors (Lipinski definition) is 6. The van der Waals surface area contributed by atoms with Gasteiger partial charge in [0.1, 0.15) is 11.5 Å². The summed E-state index contributed by atoms with van der Waals surface area (Å²) >= 11 is 0. The average molecular weight is 380 g/mol. The Bertz CT molecular complexity index is 949. The van der Waals surface area contributed by atoms with E-state index < -0.39 is 10.9 Å². The number of carbonyl (C=O) groups excluding carboxylic acids is 1. The van der Waals surface area contributed by atoms with Crippen LogP contribution in [0.15, 0.2) is 59.3 Å². The summed E-state index contributed by atoms with van der Waals surface area (Å²) in [4.78, 5) is 27.6. The molecule has 0 fully saturated rings. The molecule has 0 aliphatic carbocycles. The van der Waals surface area contributed by atoms with Gasteiger partial charge >= 0.3 is 5.97 Å². The zero-order chi connectivity index (χ0) is 19.9. The molecular weight excluding hydrogens is 360 g/mol. The number of para-hydroxylation sites is 1. The summed E-state index contributed by atoms with van der Waals surface area (Å²) in [7, 11) is 0. The summed E-state index contributed by atoms with van der Waals surface area (Å²) < 4.78 is 5.85. The topological polar surface area (TPSA) is 91.0 Å². The zero-order valence-corrected chi connectivity index (χ0v) is 15.5. The Morgan fingerprint density at radius 3 is 2.79 bits per heavy atom. The number of rotatable bonds is 8. The monoisotopic (exact) mass is 380 g/mol. The molecule has 0 saturated heterocycles. The fourth-order valence-corrected chi connectivity index (χ4v) is 2.81. The summed E-state index contributed by atoms with van der Waals surface area (Å²) in [5.74, 6) is 0.0477. The van der Waals surface area contributed by atoms with Crippen molar-refractivity contribution in [2.45, 2.75) is 26.2 Å². The van der Waals surface area contributed by atoms with E-state index in [1.165, 1.54) is 12.1 Å². The van der Waals surface area contributed by atoms with E-state index in [1.807, 2.05) is 24.3 Å². The van der Waals surface area contributed by atoms with E-state index in [9.17, 15) is 14.9 Å². The number of benzene rings is 2. The number of hydrogen-bond donors (Lipinski definition) is 0. The molecule has 1 aliphatic heterocycles. The number of nitro groups is 1. The van der Waals surface area contributed by atoms with Crippen LogP contribution in [0.1, 0.15) is 37.3 Å². The highest BCUT2D eigenvalue weighted by molar-refractivity contribution is 6.31. The third-order valence-corrected chi connectivity index (χ3v) is 4.25. The minimum Gasteiger partial charge on any atom is -0.493 e. The molecule has 0 radical (unpaired) electrons. The van der Waals surface area contributed by atoms with Gasteiger partial charge in [-0.2, -0.15) is 0 Å². The predicted octanol–water partition coefficient (Wildman–Crippen LogP) is 4.51. The number of non-ortho nitro benzene ring substituents is 1. The van der Waals surface area contributed by atoms with Gasteiger partial charge in [0.25, 0.3) is 5.69 Å².